The van der Waals surface area contributed by atoms with Crippen LogP contribution in [0.3, 0.4) is 0 Å². The van der Waals surface area contributed by atoms with Crippen LogP contribution < -0.4 is 0 Å². The monoisotopic (exact) mass is 398 g/mol. The molecule has 1 fully saturated rings. The Balaban J connectivity index is 1.93. The molecule has 2 rings (SSSR count). The summed E-state index contributed by atoms with van der Waals surface area (Å²) >= 11 is 0. The highest BCUT2D eigenvalue weighted by molar-refractivity contribution is 5.28. The second-order valence-corrected chi connectivity index (χ2v) is 6.87. The van der Waals surface area contributed by atoms with Gasteiger partial charge in [0.15, 0.2) is 0 Å². The van der Waals surface area contributed by atoms with Crippen LogP contribution in [0.5, 0.6) is 0 Å². The predicted molar refractivity (Wildman–Crippen MR) is 86.0 cm³/mol. The topological polar surface area (TPSA) is 9.23 Å². The quantitative estimate of drug-likeness (QED) is 0.375. The number of halogens is 7. The molecule has 1 aromatic rings. The SMILES string of the molecule is C/C=C/[C@H]1CC[C@H](CC(F)(F)OCc2cc(F)c(C(F)(F)F)c(F)c2)CC1. The molecule has 0 N–H and O–H groups in total. The summed E-state index contributed by atoms with van der Waals surface area (Å²) < 4.78 is 97.0. The second-order valence-electron chi connectivity index (χ2n) is 6.87. The Kier molecular flexibility index (Phi) is 6.94. The molecule has 8 heteroatoms. The van der Waals surface area contributed by atoms with E-state index in [1.807, 2.05) is 13.0 Å². The van der Waals surface area contributed by atoms with Gasteiger partial charge >= 0.3 is 12.3 Å². The predicted octanol–water partition coefficient (Wildman–Crippen LogP) is 6.87. The minimum absolute atomic E-state index is 0.234. The average molecular weight is 398 g/mol. The molecule has 0 amide bonds. The van der Waals surface area contributed by atoms with Crippen molar-refractivity contribution in [1.29, 1.82) is 0 Å². The molecule has 0 radical (unpaired) electrons. The van der Waals surface area contributed by atoms with Gasteiger partial charge in [0, 0.05) is 6.42 Å². The summed E-state index contributed by atoms with van der Waals surface area (Å²) in [6.07, 6.45) is -2.41. The summed E-state index contributed by atoms with van der Waals surface area (Å²) in [4.78, 5) is 0. The Hall–Kier alpha value is -1.57. The van der Waals surface area contributed by atoms with Crippen LogP contribution in [0, 0.1) is 23.5 Å². The van der Waals surface area contributed by atoms with Crippen LogP contribution in [0.4, 0.5) is 30.7 Å². The zero-order valence-electron chi connectivity index (χ0n) is 14.8. The highest BCUT2D eigenvalue weighted by Gasteiger charge is 2.39. The summed E-state index contributed by atoms with van der Waals surface area (Å²) in [6, 6.07) is 0.731. The first-order valence-corrected chi connectivity index (χ1v) is 8.71. The van der Waals surface area contributed by atoms with Crippen molar-refractivity contribution in [2.45, 2.75) is 57.9 Å². The first-order chi connectivity index (χ1) is 12.5. The van der Waals surface area contributed by atoms with Gasteiger partial charge in [-0.25, -0.2) is 8.78 Å². The Bertz CT molecular complexity index is 636. The van der Waals surface area contributed by atoms with Gasteiger partial charge in [0.1, 0.15) is 17.2 Å². The van der Waals surface area contributed by atoms with Gasteiger partial charge in [0.2, 0.25) is 0 Å². The number of alkyl halides is 5. The first-order valence-electron chi connectivity index (χ1n) is 8.71. The number of benzene rings is 1. The Morgan fingerprint density at radius 2 is 1.56 bits per heavy atom. The van der Waals surface area contributed by atoms with Crippen molar-refractivity contribution < 1.29 is 35.5 Å². The molecule has 0 heterocycles. The smallest absolute Gasteiger partial charge is 0.316 e. The zero-order valence-corrected chi connectivity index (χ0v) is 14.8. The fourth-order valence-electron chi connectivity index (χ4n) is 3.42. The summed E-state index contributed by atoms with van der Waals surface area (Å²) in [5.74, 6) is -3.56. The lowest BCUT2D eigenvalue weighted by Gasteiger charge is -2.29. The van der Waals surface area contributed by atoms with Crippen LogP contribution in [-0.4, -0.2) is 6.11 Å². The molecule has 0 spiro atoms. The van der Waals surface area contributed by atoms with Crippen molar-refractivity contribution >= 4 is 0 Å². The number of hydrogen-bond acceptors (Lipinski definition) is 1. The zero-order chi connectivity index (χ0) is 20.2. The third-order valence-corrected chi connectivity index (χ3v) is 4.72. The molecule has 27 heavy (non-hydrogen) atoms. The Morgan fingerprint density at radius 3 is 2.04 bits per heavy atom. The summed E-state index contributed by atoms with van der Waals surface area (Å²) in [5, 5.41) is 0. The number of ether oxygens (including phenoxy) is 1. The van der Waals surface area contributed by atoms with Gasteiger partial charge < -0.3 is 4.74 Å². The van der Waals surface area contributed by atoms with E-state index >= 15 is 0 Å². The van der Waals surface area contributed by atoms with Gasteiger partial charge in [0.05, 0.1) is 6.61 Å². The molecule has 0 unspecified atom stereocenters. The van der Waals surface area contributed by atoms with Crippen LogP contribution in [0.1, 0.15) is 50.2 Å². The lowest BCUT2D eigenvalue weighted by Crippen LogP contribution is -2.27. The molecule has 1 nitrogen and oxygen atoms in total. The van der Waals surface area contributed by atoms with Gasteiger partial charge in [-0.1, -0.05) is 12.2 Å². The number of allylic oxidation sites excluding steroid dienone is 2. The Morgan fingerprint density at radius 1 is 1.00 bits per heavy atom. The lowest BCUT2D eigenvalue weighted by atomic mass is 9.80. The van der Waals surface area contributed by atoms with Crippen molar-refractivity contribution in [2.24, 2.45) is 11.8 Å². The first kappa shape index (κ1) is 21.7. The summed E-state index contributed by atoms with van der Waals surface area (Å²) in [7, 11) is 0. The van der Waals surface area contributed by atoms with Crippen LogP contribution in [0.25, 0.3) is 0 Å². The van der Waals surface area contributed by atoms with Crippen molar-refractivity contribution in [2.75, 3.05) is 0 Å². The van der Waals surface area contributed by atoms with E-state index < -0.39 is 48.1 Å². The summed E-state index contributed by atoms with van der Waals surface area (Å²) in [5.41, 5.74) is -2.47. The molecule has 0 bridgehead atoms. The summed E-state index contributed by atoms with van der Waals surface area (Å²) in [6.45, 7) is 1.02. The van der Waals surface area contributed by atoms with Crippen LogP contribution in [0.15, 0.2) is 24.3 Å². The minimum atomic E-state index is -5.21. The molecule has 1 aromatic carbocycles. The molecule has 152 valence electrons. The van der Waals surface area contributed by atoms with Gasteiger partial charge in [-0.3, -0.25) is 0 Å². The fraction of sp³-hybridized carbons (Fsp3) is 0.579. The maximum absolute atomic E-state index is 14.0. The molecule has 0 aromatic heterocycles. The van der Waals surface area contributed by atoms with E-state index in [2.05, 4.69) is 10.8 Å². The molecular formula is C19H21F7O. The van der Waals surface area contributed by atoms with Crippen molar-refractivity contribution in [3.63, 3.8) is 0 Å². The van der Waals surface area contributed by atoms with E-state index in [4.69, 9.17) is 0 Å². The fourth-order valence-corrected chi connectivity index (χ4v) is 3.42. The van der Waals surface area contributed by atoms with Crippen molar-refractivity contribution in [3.05, 3.63) is 47.0 Å². The molecule has 1 aliphatic rings. The van der Waals surface area contributed by atoms with Gasteiger partial charge in [-0.15, -0.1) is 0 Å². The Labute approximate surface area is 153 Å². The van der Waals surface area contributed by atoms with Crippen LogP contribution >= 0.6 is 0 Å². The van der Waals surface area contributed by atoms with Gasteiger partial charge in [-0.2, -0.15) is 22.0 Å². The molecule has 0 aliphatic heterocycles. The van der Waals surface area contributed by atoms with E-state index in [1.165, 1.54) is 0 Å². The lowest BCUT2D eigenvalue weighted by molar-refractivity contribution is -0.256. The average Bonchev–Trinajstić information content (AvgIpc) is 2.53. The van der Waals surface area contributed by atoms with E-state index in [1.54, 1.807) is 0 Å². The maximum Gasteiger partial charge on any atom is 0.422 e. The second kappa shape index (κ2) is 8.63. The largest absolute Gasteiger partial charge is 0.422 e. The van der Waals surface area contributed by atoms with E-state index in [9.17, 15) is 30.7 Å². The third kappa shape index (κ3) is 6.23. The maximum atomic E-state index is 14.0. The normalized spacial score (nSPS) is 21.8. The van der Waals surface area contributed by atoms with Crippen molar-refractivity contribution in [3.8, 4) is 0 Å². The molecule has 0 atom stereocenters. The highest BCUT2D eigenvalue weighted by Crippen LogP contribution is 2.38. The van der Waals surface area contributed by atoms with E-state index in [0.717, 1.165) is 12.8 Å². The molecule has 0 saturated heterocycles. The molecule has 1 saturated carbocycles. The number of rotatable bonds is 6. The third-order valence-electron chi connectivity index (χ3n) is 4.72. The number of hydrogen-bond donors (Lipinski definition) is 0. The van der Waals surface area contributed by atoms with E-state index in [0.29, 0.717) is 30.9 Å². The van der Waals surface area contributed by atoms with Crippen molar-refractivity contribution in [1.82, 2.24) is 0 Å². The highest BCUT2D eigenvalue weighted by atomic mass is 19.4. The van der Waals surface area contributed by atoms with Crippen LogP contribution in [-0.2, 0) is 17.5 Å². The van der Waals surface area contributed by atoms with E-state index in [-0.39, 0.29) is 5.92 Å². The minimum Gasteiger partial charge on any atom is -0.316 e. The standard InChI is InChI=1S/C19H21F7O/c1-2-3-12-4-6-13(7-5-12)10-18(22,23)27-11-14-8-15(20)17(16(21)9-14)19(24,25)26/h2-3,8-9,12-13H,4-7,10-11H2,1H3/b3-2+/t12-,13-. The van der Waals surface area contributed by atoms with Gasteiger partial charge in [0.25, 0.3) is 0 Å². The van der Waals surface area contributed by atoms with Crippen LogP contribution in [0.2, 0.25) is 0 Å². The molecular weight excluding hydrogens is 377 g/mol. The molecule has 1 aliphatic carbocycles. The van der Waals surface area contributed by atoms with Gasteiger partial charge in [-0.05, 0) is 62.1 Å².